The molecule has 1 heterocycles. The van der Waals surface area contributed by atoms with Gasteiger partial charge in [0.05, 0.1) is 10.6 Å². The minimum Gasteiger partial charge on any atom is -0.340 e. The first-order chi connectivity index (χ1) is 11.0. The Bertz CT molecular complexity index is 745. The summed E-state index contributed by atoms with van der Waals surface area (Å²) in [6.07, 6.45) is 2.26. The molecule has 3 rings (SSSR count). The van der Waals surface area contributed by atoms with Gasteiger partial charge < -0.3 is 5.32 Å². The fraction of sp³-hybridized carbons (Fsp3) is 0.333. The summed E-state index contributed by atoms with van der Waals surface area (Å²) in [5.41, 5.74) is 0.334. The second kappa shape index (κ2) is 6.64. The topological polar surface area (TPSA) is 84.0 Å². The molecule has 1 atom stereocenters. The highest BCUT2D eigenvalue weighted by atomic mass is 35.5. The summed E-state index contributed by atoms with van der Waals surface area (Å²) in [5, 5.41) is 15.1. The smallest absolute Gasteiger partial charge is 0.253 e. The number of halogens is 1. The van der Waals surface area contributed by atoms with E-state index in [-0.39, 0.29) is 5.91 Å². The highest BCUT2D eigenvalue weighted by molar-refractivity contribution is 7.15. The van der Waals surface area contributed by atoms with E-state index in [4.69, 9.17) is 11.6 Å². The summed E-state index contributed by atoms with van der Waals surface area (Å²) >= 11 is 7.35. The number of benzene rings is 1. The van der Waals surface area contributed by atoms with Crippen LogP contribution < -0.4 is 10.6 Å². The SMILES string of the molecule is CC(NC(=O)c1ccccc1Cl)C(=O)Nc1nnc(C2CC2)s1. The van der Waals surface area contributed by atoms with Gasteiger partial charge in [-0.15, -0.1) is 10.2 Å². The molecule has 0 bridgehead atoms. The van der Waals surface area contributed by atoms with Crippen molar-refractivity contribution in [2.45, 2.75) is 31.7 Å². The molecule has 1 aliphatic carbocycles. The molecule has 1 aliphatic rings. The monoisotopic (exact) mass is 350 g/mol. The molecule has 1 aromatic carbocycles. The molecule has 1 fully saturated rings. The van der Waals surface area contributed by atoms with Crippen LogP contribution >= 0.6 is 22.9 Å². The Labute approximate surface area is 142 Å². The maximum atomic E-state index is 12.1. The Kier molecular flexibility index (Phi) is 4.58. The van der Waals surface area contributed by atoms with Crippen molar-refractivity contribution in [1.29, 1.82) is 0 Å². The normalized spacial score (nSPS) is 15.0. The van der Waals surface area contributed by atoms with Crippen molar-refractivity contribution >= 4 is 39.9 Å². The van der Waals surface area contributed by atoms with Crippen molar-refractivity contribution in [3.63, 3.8) is 0 Å². The van der Waals surface area contributed by atoms with Gasteiger partial charge in [-0.05, 0) is 31.9 Å². The van der Waals surface area contributed by atoms with Gasteiger partial charge in [0.1, 0.15) is 11.0 Å². The number of nitrogens with one attached hydrogen (secondary N) is 2. The van der Waals surface area contributed by atoms with E-state index in [0.29, 0.717) is 21.6 Å². The summed E-state index contributed by atoms with van der Waals surface area (Å²) in [4.78, 5) is 24.3. The zero-order valence-electron chi connectivity index (χ0n) is 12.4. The number of carbonyl (C=O) groups excluding carboxylic acids is 2. The number of hydrogen-bond acceptors (Lipinski definition) is 5. The number of hydrogen-bond donors (Lipinski definition) is 2. The molecule has 120 valence electrons. The van der Waals surface area contributed by atoms with Gasteiger partial charge in [0.25, 0.3) is 5.91 Å². The van der Waals surface area contributed by atoms with Gasteiger partial charge in [-0.2, -0.15) is 0 Å². The molecule has 0 aliphatic heterocycles. The van der Waals surface area contributed by atoms with Crippen molar-refractivity contribution in [3.05, 3.63) is 39.9 Å². The molecular weight excluding hydrogens is 336 g/mol. The minimum absolute atomic E-state index is 0.334. The van der Waals surface area contributed by atoms with Crippen molar-refractivity contribution in [1.82, 2.24) is 15.5 Å². The van der Waals surface area contributed by atoms with E-state index in [9.17, 15) is 9.59 Å². The Balaban J connectivity index is 1.58. The third kappa shape index (κ3) is 3.86. The molecule has 23 heavy (non-hydrogen) atoms. The lowest BCUT2D eigenvalue weighted by molar-refractivity contribution is -0.117. The molecule has 1 aromatic heterocycles. The van der Waals surface area contributed by atoms with Crippen molar-refractivity contribution in [2.75, 3.05) is 5.32 Å². The van der Waals surface area contributed by atoms with Gasteiger partial charge in [-0.25, -0.2) is 0 Å². The summed E-state index contributed by atoms with van der Waals surface area (Å²) in [7, 11) is 0. The van der Waals surface area contributed by atoms with E-state index < -0.39 is 11.9 Å². The summed E-state index contributed by atoms with van der Waals surface area (Å²) in [5.74, 6) is -0.242. The van der Waals surface area contributed by atoms with E-state index in [0.717, 1.165) is 17.8 Å². The molecule has 0 spiro atoms. The Morgan fingerprint density at radius 1 is 1.30 bits per heavy atom. The maximum absolute atomic E-state index is 12.1. The zero-order chi connectivity index (χ0) is 16.4. The van der Waals surface area contributed by atoms with Crippen LogP contribution in [0.25, 0.3) is 0 Å². The summed E-state index contributed by atoms with van der Waals surface area (Å²) < 4.78 is 0. The fourth-order valence-electron chi connectivity index (χ4n) is 1.98. The number of rotatable bonds is 5. The number of aromatic nitrogens is 2. The first-order valence-electron chi connectivity index (χ1n) is 7.24. The standard InChI is InChI=1S/C15H15ClN4O2S/c1-8(17-13(22)10-4-2-3-5-11(10)16)12(21)18-15-20-19-14(23-15)9-6-7-9/h2-5,8-9H,6-7H2,1H3,(H,17,22)(H,18,20,21). The quantitative estimate of drug-likeness (QED) is 0.868. The molecule has 1 saturated carbocycles. The van der Waals surface area contributed by atoms with Gasteiger partial charge >= 0.3 is 0 Å². The van der Waals surface area contributed by atoms with Gasteiger partial charge in [0, 0.05) is 5.92 Å². The Morgan fingerprint density at radius 3 is 2.74 bits per heavy atom. The second-order valence-electron chi connectivity index (χ2n) is 5.38. The highest BCUT2D eigenvalue weighted by Crippen LogP contribution is 2.42. The van der Waals surface area contributed by atoms with Crippen LogP contribution in [0.3, 0.4) is 0 Å². The Hall–Kier alpha value is -1.99. The lowest BCUT2D eigenvalue weighted by Crippen LogP contribution is -2.41. The van der Waals surface area contributed by atoms with E-state index in [1.54, 1.807) is 31.2 Å². The second-order valence-corrected chi connectivity index (χ2v) is 6.80. The van der Waals surface area contributed by atoms with Crippen LogP contribution in [-0.4, -0.2) is 28.1 Å². The fourth-order valence-corrected chi connectivity index (χ4v) is 3.12. The average Bonchev–Trinajstić information content (AvgIpc) is 3.27. The molecule has 1 unspecified atom stereocenters. The third-order valence-electron chi connectivity index (χ3n) is 3.46. The Morgan fingerprint density at radius 2 is 2.04 bits per heavy atom. The first kappa shape index (κ1) is 15.9. The summed E-state index contributed by atoms with van der Waals surface area (Å²) in [6, 6.07) is 5.97. The van der Waals surface area contributed by atoms with E-state index in [2.05, 4.69) is 20.8 Å². The van der Waals surface area contributed by atoms with Crippen LogP contribution in [0.5, 0.6) is 0 Å². The van der Waals surface area contributed by atoms with Crippen molar-refractivity contribution in [2.24, 2.45) is 0 Å². The number of amides is 2. The molecule has 2 N–H and O–H groups in total. The van der Waals surface area contributed by atoms with E-state index in [1.807, 2.05) is 0 Å². The average molecular weight is 351 g/mol. The lowest BCUT2D eigenvalue weighted by atomic mass is 10.2. The molecule has 0 saturated heterocycles. The maximum Gasteiger partial charge on any atom is 0.253 e. The molecule has 2 amide bonds. The van der Waals surface area contributed by atoms with Gasteiger partial charge in [-0.3, -0.25) is 14.9 Å². The van der Waals surface area contributed by atoms with Crippen LogP contribution in [0.1, 0.15) is 41.0 Å². The van der Waals surface area contributed by atoms with Crippen LogP contribution in [0, 0.1) is 0 Å². The van der Waals surface area contributed by atoms with Crippen LogP contribution in [0.4, 0.5) is 5.13 Å². The minimum atomic E-state index is -0.716. The third-order valence-corrected chi connectivity index (χ3v) is 4.79. The number of carbonyl (C=O) groups is 2. The van der Waals surface area contributed by atoms with Crippen LogP contribution in [0.2, 0.25) is 5.02 Å². The number of anilines is 1. The van der Waals surface area contributed by atoms with Crippen LogP contribution in [-0.2, 0) is 4.79 Å². The van der Waals surface area contributed by atoms with Crippen LogP contribution in [0.15, 0.2) is 24.3 Å². The lowest BCUT2D eigenvalue weighted by Gasteiger charge is -2.13. The summed E-state index contributed by atoms with van der Waals surface area (Å²) in [6.45, 7) is 1.60. The van der Waals surface area contributed by atoms with Gasteiger partial charge in [0.15, 0.2) is 0 Å². The largest absolute Gasteiger partial charge is 0.340 e. The molecule has 8 heteroatoms. The van der Waals surface area contributed by atoms with Crippen molar-refractivity contribution in [3.8, 4) is 0 Å². The van der Waals surface area contributed by atoms with Gasteiger partial charge in [-0.1, -0.05) is 35.1 Å². The molecule has 6 nitrogen and oxygen atoms in total. The van der Waals surface area contributed by atoms with Crippen molar-refractivity contribution < 1.29 is 9.59 Å². The molecule has 0 radical (unpaired) electrons. The highest BCUT2D eigenvalue weighted by Gasteiger charge is 2.28. The zero-order valence-corrected chi connectivity index (χ0v) is 13.9. The molecular formula is C15H15ClN4O2S. The predicted octanol–water partition coefficient (Wildman–Crippen LogP) is 2.83. The number of nitrogens with zero attached hydrogens (tertiary/aromatic N) is 2. The van der Waals surface area contributed by atoms with E-state index in [1.165, 1.54) is 11.3 Å². The van der Waals surface area contributed by atoms with E-state index >= 15 is 0 Å². The molecule has 2 aromatic rings. The first-order valence-corrected chi connectivity index (χ1v) is 8.43. The van der Waals surface area contributed by atoms with Gasteiger partial charge in [0.2, 0.25) is 11.0 Å². The predicted molar refractivity (Wildman–Crippen MR) is 88.9 cm³/mol.